The highest BCUT2D eigenvalue weighted by atomic mass is 16.3. The molecule has 1 aliphatic carbocycles. The molecule has 4 heterocycles. The number of para-hydroxylation sites is 2. The molecule has 0 saturated heterocycles. The van der Waals surface area contributed by atoms with Gasteiger partial charge in [-0.05, 0) is 121 Å². The minimum Gasteiger partial charge on any atom is -0.460 e. The molecule has 0 amide bonds. The number of allylic oxidation sites excluding steroid dienone is 1. The topological polar surface area (TPSA) is 83.7 Å². The second kappa shape index (κ2) is 11.4. The summed E-state index contributed by atoms with van der Waals surface area (Å²) >= 11 is 0. The van der Waals surface area contributed by atoms with E-state index in [9.17, 15) is 10.5 Å². The van der Waals surface area contributed by atoms with E-state index in [0.717, 1.165) is 95.8 Å². The molecule has 1 aliphatic rings. The van der Waals surface area contributed by atoms with Crippen molar-refractivity contribution in [3.63, 3.8) is 0 Å². The number of furan rings is 2. The monoisotopic (exact) mass is 716 g/mol. The molecular formula is C50H28N4O2. The highest BCUT2D eigenvalue weighted by Gasteiger charge is 2.22. The van der Waals surface area contributed by atoms with Crippen molar-refractivity contribution in [2.75, 3.05) is 0 Å². The van der Waals surface area contributed by atoms with E-state index >= 15 is 0 Å². The van der Waals surface area contributed by atoms with Gasteiger partial charge in [0, 0.05) is 61.1 Å². The highest BCUT2D eigenvalue weighted by Crippen LogP contribution is 2.41. The third-order valence-electron chi connectivity index (χ3n) is 11.7. The van der Waals surface area contributed by atoms with Gasteiger partial charge in [0.25, 0.3) is 0 Å². The Bertz CT molecular complexity index is 3500. The van der Waals surface area contributed by atoms with Gasteiger partial charge in [0.05, 0.1) is 45.3 Å². The first-order chi connectivity index (χ1) is 27.6. The first kappa shape index (κ1) is 30.6. The number of fused-ring (bicyclic) bond motifs is 12. The van der Waals surface area contributed by atoms with Crippen LogP contribution >= 0.6 is 0 Å². The fraction of sp³-hybridized carbons (Fsp3) is 0.0400. The molecule has 11 aromatic rings. The second-order valence-electron chi connectivity index (χ2n) is 14.7. The van der Waals surface area contributed by atoms with Crippen LogP contribution < -0.4 is 0 Å². The molecule has 0 saturated carbocycles. The molecule has 56 heavy (non-hydrogen) atoms. The van der Waals surface area contributed by atoms with E-state index in [2.05, 4.69) is 124 Å². The lowest BCUT2D eigenvalue weighted by Crippen LogP contribution is -1.97. The lowest BCUT2D eigenvalue weighted by molar-refractivity contribution is 0.548. The summed E-state index contributed by atoms with van der Waals surface area (Å²) in [6.45, 7) is 0. The summed E-state index contributed by atoms with van der Waals surface area (Å²) in [5, 5.41) is 26.9. The van der Waals surface area contributed by atoms with Crippen molar-refractivity contribution < 1.29 is 8.83 Å². The molecule has 0 unspecified atom stereocenters. The fourth-order valence-electron chi connectivity index (χ4n) is 9.11. The van der Waals surface area contributed by atoms with Gasteiger partial charge in [0.1, 0.15) is 22.5 Å². The molecule has 4 aromatic heterocycles. The number of nitrogens with zero attached hydrogens (tertiary/aromatic N) is 4. The first-order valence-corrected chi connectivity index (χ1v) is 18.7. The van der Waals surface area contributed by atoms with Gasteiger partial charge >= 0.3 is 0 Å². The molecule has 0 aliphatic heterocycles. The number of nitriles is 2. The van der Waals surface area contributed by atoms with E-state index in [-0.39, 0.29) is 0 Å². The van der Waals surface area contributed by atoms with E-state index in [1.807, 2.05) is 42.5 Å². The van der Waals surface area contributed by atoms with E-state index < -0.39 is 0 Å². The molecule has 6 heteroatoms. The molecule has 6 nitrogen and oxygen atoms in total. The van der Waals surface area contributed by atoms with Crippen molar-refractivity contribution >= 4 is 88.2 Å². The quantitative estimate of drug-likeness (QED) is 0.182. The van der Waals surface area contributed by atoms with E-state index in [4.69, 9.17) is 8.83 Å². The van der Waals surface area contributed by atoms with Crippen molar-refractivity contribution in [1.29, 1.82) is 10.5 Å². The summed E-state index contributed by atoms with van der Waals surface area (Å²) in [7, 11) is 0. The highest BCUT2D eigenvalue weighted by molar-refractivity contribution is 6.12. The summed E-state index contributed by atoms with van der Waals surface area (Å²) in [4.78, 5) is 0. The molecule has 7 aromatic carbocycles. The Morgan fingerprint density at radius 1 is 0.446 bits per heavy atom. The van der Waals surface area contributed by atoms with Gasteiger partial charge in [-0.15, -0.1) is 0 Å². The van der Waals surface area contributed by atoms with Crippen LogP contribution in [0, 0.1) is 22.7 Å². The maximum absolute atomic E-state index is 9.67. The van der Waals surface area contributed by atoms with Crippen molar-refractivity contribution in [2.45, 2.75) is 12.8 Å². The Hall–Kier alpha value is -7.80. The van der Waals surface area contributed by atoms with Crippen LogP contribution in [0.4, 0.5) is 0 Å². The zero-order chi connectivity index (χ0) is 37.1. The Kier molecular flexibility index (Phi) is 6.21. The van der Waals surface area contributed by atoms with Crippen LogP contribution in [0.25, 0.3) is 99.5 Å². The smallest absolute Gasteiger partial charge is 0.135 e. The average molecular weight is 717 g/mol. The molecule has 12 rings (SSSR count). The SMILES string of the molecule is N#Cc1ccc2c(c1)c1cc(C#N)ccc1n2-c1ccc2oc3ccc(C4=Cc5c(oc6ccc(-n7c8ccccc8c8ccccc87)cc56)CC4)cc3c2c1. The first-order valence-electron chi connectivity index (χ1n) is 18.7. The standard InChI is InChI=1S/C50H28N4O2/c51-27-29-9-15-45-37(21-29)38-22-30(28-52)10-16-46(38)54(45)34-14-20-50-42(26-34)40-24-32(12-18-48(40)56-50)31-11-17-47-39(23-31)41-25-33(13-19-49(41)55-47)53-43-7-3-1-5-35(43)36-6-2-4-8-44(36)53/h1-10,12-16,18-26H,11,17H2. The minimum atomic E-state index is 0.582. The molecule has 260 valence electrons. The van der Waals surface area contributed by atoms with Gasteiger partial charge in [-0.2, -0.15) is 10.5 Å². The number of rotatable bonds is 3. The van der Waals surface area contributed by atoms with Crippen LogP contribution in [0.3, 0.4) is 0 Å². The number of aryl methyl sites for hydroxylation is 1. The molecule has 0 atom stereocenters. The van der Waals surface area contributed by atoms with Crippen molar-refractivity contribution in [2.24, 2.45) is 0 Å². The molecule has 0 bridgehead atoms. The third kappa shape index (κ3) is 4.30. The summed E-state index contributed by atoms with van der Waals surface area (Å²) in [6.07, 6.45) is 4.01. The summed E-state index contributed by atoms with van der Waals surface area (Å²) in [5.41, 5.74) is 13.7. The average Bonchev–Trinajstić information content (AvgIpc) is 3.99. The van der Waals surface area contributed by atoms with Crippen LogP contribution in [0.1, 0.15) is 34.4 Å². The lowest BCUT2D eigenvalue weighted by atomic mass is 9.91. The Morgan fingerprint density at radius 2 is 0.982 bits per heavy atom. The second-order valence-corrected chi connectivity index (χ2v) is 14.7. The molecule has 0 fully saturated rings. The summed E-state index contributed by atoms with van der Waals surface area (Å²) in [5.74, 6) is 1.03. The van der Waals surface area contributed by atoms with E-state index in [0.29, 0.717) is 11.1 Å². The fourth-order valence-corrected chi connectivity index (χ4v) is 9.11. The maximum Gasteiger partial charge on any atom is 0.135 e. The van der Waals surface area contributed by atoms with Gasteiger partial charge in [-0.1, -0.05) is 42.5 Å². The van der Waals surface area contributed by atoms with Gasteiger partial charge < -0.3 is 18.0 Å². The van der Waals surface area contributed by atoms with Crippen LogP contribution in [-0.4, -0.2) is 9.13 Å². The summed E-state index contributed by atoms with van der Waals surface area (Å²) < 4.78 is 17.4. The van der Waals surface area contributed by atoms with Crippen LogP contribution in [-0.2, 0) is 6.42 Å². The van der Waals surface area contributed by atoms with Crippen LogP contribution in [0.5, 0.6) is 0 Å². The number of benzene rings is 7. The minimum absolute atomic E-state index is 0.582. The Balaban J connectivity index is 0.990. The lowest BCUT2D eigenvalue weighted by Gasteiger charge is -2.13. The zero-order valence-electron chi connectivity index (χ0n) is 29.9. The van der Waals surface area contributed by atoms with Crippen LogP contribution in [0.2, 0.25) is 0 Å². The van der Waals surface area contributed by atoms with Crippen molar-refractivity contribution in [1.82, 2.24) is 9.13 Å². The van der Waals surface area contributed by atoms with Crippen molar-refractivity contribution in [3.8, 4) is 23.5 Å². The molecule has 0 spiro atoms. The zero-order valence-corrected chi connectivity index (χ0v) is 29.9. The van der Waals surface area contributed by atoms with Crippen LogP contribution in [0.15, 0.2) is 148 Å². The number of hydrogen-bond donors (Lipinski definition) is 0. The predicted molar refractivity (Wildman–Crippen MR) is 224 cm³/mol. The number of aromatic nitrogens is 2. The molecule has 0 radical (unpaired) electrons. The maximum atomic E-state index is 9.67. The largest absolute Gasteiger partial charge is 0.460 e. The van der Waals surface area contributed by atoms with Gasteiger partial charge in [-0.3, -0.25) is 0 Å². The van der Waals surface area contributed by atoms with Gasteiger partial charge in [-0.25, -0.2) is 0 Å². The van der Waals surface area contributed by atoms with Crippen molar-refractivity contribution in [3.05, 3.63) is 168 Å². The normalized spacial score (nSPS) is 12.9. The summed E-state index contributed by atoms with van der Waals surface area (Å²) in [6, 6.07) is 52.6. The Labute approximate surface area is 319 Å². The van der Waals surface area contributed by atoms with Gasteiger partial charge in [0.2, 0.25) is 0 Å². The Morgan fingerprint density at radius 3 is 1.61 bits per heavy atom. The van der Waals surface area contributed by atoms with E-state index in [1.165, 1.54) is 27.4 Å². The van der Waals surface area contributed by atoms with Gasteiger partial charge in [0.15, 0.2) is 0 Å². The predicted octanol–water partition coefficient (Wildman–Crippen LogP) is 12.8. The van der Waals surface area contributed by atoms with E-state index in [1.54, 1.807) is 0 Å². The third-order valence-corrected chi connectivity index (χ3v) is 11.7. The number of hydrogen-bond acceptors (Lipinski definition) is 4. The molecular weight excluding hydrogens is 689 g/mol. The molecule has 0 N–H and O–H groups in total.